The van der Waals surface area contributed by atoms with Gasteiger partial charge in [-0.1, -0.05) is 13.3 Å². The van der Waals surface area contributed by atoms with E-state index >= 15 is 0 Å². The molecule has 0 heterocycles. The van der Waals surface area contributed by atoms with Crippen molar-refractivity contribution in [3.05, 3.63) is 0 Å². The summed E-state index contributed by atoms with van der Waals surface area (Å²) in [5.41, 5.74) is 0. The van der Waals surface area contributed by atoms with Gasteiger partial charge in [0.1, 0.15) is 0 Å². The molecule has 0 rings (SSSR count). The first kappa shape index (κ1) is 16.4. The van der Waals surface area contributed by atoms with E-state index in [0.717, 1.165) is 45.8 Å². The van der Waals surface area contributed by atoms with Gasteiger partial charge in [0.05, 0.1) is 6.61 Å². The Morgan fingerprint density at radius 3 is 2.41 bits per heavy atom. The van der Waals surface area contributed by atoms with Crippen LogP contribution in [0.5, 0.6) is 0 Å². The number of nitrogens with zero attached hydrogens (tertiary/aromatic N) is 1. The van der Waals surface area contributed by atoms with E-state index in [-0.39, 0.29) is 5.91 Å². The van der Waals surface area contributed by atoms with Gasteiger partial charge in [0.25, 0.3) is 0 Å². The zero-order chi connectivity index (χ0) is 12.9. The Bertz CT molecular complexity index is 182. The average molecular weight is 244 g/mol. The van der Waals surface area contributed by atoms with Crippen molar-refractivity contribution in [3.8, 4) is 0 Å². The van der Waals surface area contributed by atoms with Gasteiger partial charge in [0.2, 0.25) is 5.91 Å². The number of carbonyl (C=O) groups excluding carboxylic acids is 1. The van der Waals surface area contributed by atoms with Gasteiger partial charge in [-0.05, 0) is 20.3 Å². The Morgan fingerprint density at radius 1 is 1.12 bits per heavy atom. The molecule has 0 aliphatic rings. The second kappa shape index (κ2) is 11.9. The molecule has 1 amide bonds. The van der Waals surface area contributed by atoms with Crippen LogP contribution in [0.4, 0.5) is 0 Å². The number of carbonyl (C=O) groups is 1. The minimum Gasteiger partial charge on any atom is -0.380 e. The molecule has 0 aromatic carbocycles. The van der Waals surface area contributed by atoms with Crippen LogP contribution in [0.3, 0.4) is 0 Å². The van der Waals surface area contributed by atoms with E-state index in [2.05, 4.69) is 12.2 Å². The molecule has 102 valence electrons. The molecule has 0 spiro atoms. The number of amides is 1. The normalized spacial score (nSPS) is 10.5. The highest BCUT2D eigenvalue weighted by Gasteiger charge is 2.07. The quantitative estimate of drug-likeness (QED) is 0.562. The lowest BCUT2D eigenvalue weighted by molar-refractivity contribution is -0.130. The Morgan fingerprint density at radius 2 is 1.82 bits per heavy atom. The molecule has 4 nitrogen and oxygen atoms in total. The summed E-state index contributed by atoms with van der Waals surface area (Å²) in [7, 11) is 0. The third kappa shape index (κ3) is 9.12. The molecule has 0 aromatic heterocycles. The van der Waals surface area contributed by atoms with Crippen molar-refractivity contribution in [2.24, 2.45) is 0 Å². The SMILES string of the molecule is CCCCOCCNCCC(=O)N(CC)CC. The van der Waals surface area contributed by atoms with Gasteiger partial charge >= 0.3 is 0 Å². The number of ether oxygens (including phenoxy) is 1. The predicted octanol–water partition coefficient (Wildman–Crippen LogP) is 1.65. The highest BCUT2D eigenvalue weighted by atomic mass is 16.5. The Labute approximate surface area is 106 Å². The van der Waals surface area contributed by atoms with Crippen molar-refractivity contribution < 1.29 is 9.53 Å². The summed E-state index contributed by atoms with van der Waals surface area (Å²) in [4.78, 5) is 13.5. The Hall–Kier alpha value is -0.610. The largest absolute Gasteiger partial charge is 0.380 e. The smallest absolute Gasteiger partial charge is 0.223 e. The van der Waals surface area contributed by atoms with Gasteiger partial charge in [-0.25, -0.2) is 0 Å². The fourth-order valence-corrected chi connectivity index (χ4v) is 1.55. The van der Waals surface area contributed by atoms with Crippen LogP contribution < -0.4 is 5.32 Å². The van der Waals surface area contributed by atoms with E-state index in [9.17, 15) is 4.79 Å². The zero-order valence-electron chi connectivity index (χ0n) is 11.6. The number of nitrogens with one attached hydrogen (secondary N) is 1. The number of unbranched alkanes of at least 4 members (excludes halogenated alkanes) is 1. The van der Waals surface area contributed by atoms with Crippen LogP contribution in [0, 0.1) is 0 Å². The molecule has 0 saturated carbocycles. The van der Waals surface area contributed by atoms with E-state index in [1.54, 1.807) is 0 Å². The van der Waals surface area contributed by atoms with Gasteiger partial charge in [-0.15, -0.1) is 0 Å². The first-order valence-electron chi connectivity index (χ1n) is 6.82. The number of hydrogen-bond acceptors (Lipinski definition) is 3. The lowest BCUT2D eigenvalue weighted by Crippen LogP contribution is -2.33. The fourth-order valence-electron chi connectivity index (χ4n) is 1.55. The van der Waals surface area contributed by atoms with Gasteiger partial charge in [0, 0.05) is 39.2 Å². The third-order valence-electron chi connectivity index (χ3n) is 2.70. The van der Waals surface area contributed by atoms with Crippen LogP contribution in [-0.4, -0.2) is 50.2 Å². The topological polar surface area (TPSA) is 41.6 Å². The summed E-state index contributed by atoms with van der Waals surface area (Å²) in [6.07, 6.45) is 2.88. The van der Waals surface area contributed by atoms with Crippen molar-refractivity contribution in [3.63, 3.8) is 0 Å². The maximum absolute atomic E-state index is 11.6. The van der Waals surface area contributed by atoms with E-state index in [1.165, 1.54) is 6.42 Å². The van der Waals surface area contributed by atoms with Crippen molar-refractivity contribution in [1.29, 1.82) is 0 Å². The molecule has 0 atom stereocenters. The van der Waals surface area contributed by atoms with Gasteiger partial charge in [-0.2, -0.15) is 0 Å². The summed E-state index contributed by atoms with van der Waals surface area (Å²) in [5, 5.41) is 3.22. The zero-order valence-corrected chi connectivity index (χ0v) is 11.6. The number of hydrogen-bond donors (Lipinski definition) is 1. The molecular formula is C13H28N2O2. The van der Waals surface area contributed by atoms with Crippen LogP contribution in [0.15, 0.2) is 0 Å². The Kier molecular flexibility index (Phi) is 11.4. The summed E-state index contributed by atoms with van der Waals surface area (Å²) in [5.74, 6) is 0.231. The Balaban J connectivity index is 3.30. The molecule has 17 heavy (non-hydrogen) atoms. The van der Waals surface area contributed by atoms with Crippen LogP contribution in [0.1, 0.15) is 40.0 Å². The molecule has 0 radical (unpaired) electrons. The summed E-state index contributed by atoms with van der Waals surface area (Å²) in [6.45, 7) is 10.9. The third-order valence-corrected chi connectivity index (χ3v) is 2.70. The molecule has 1 N–H and O–H groups in total. The molecule has 0 aromatic rings. The minimum absolute atomic E-state index is 0.231. The average Bonchev–Trinajstić information content (AvgIpc) is 2.34. The molecule has 0 aliphatic heterocycles. The monoisotopic (exact) mass is 244 g/mol. The van der Waals surface area contributed by atoms with E-state index < -0.39 is 0 Å². The molecule has 0 fully saturated rings. The second-order valence-corrected chi connectivity index (χ2v) is 4.03. The highest BCUT2D eigenvalue weighted by Crippen LogP contribution is 1.92. The van der Waals surface area contributed by atoms with Gasteiger partial charge < -0.3 is 15.0 Å². The first-order valence-corrected chi connectivity index (χ1v) is 6.82. The summed E-state index contributed by atoms with van der Waals surface area (Å²) < 4.78 is 5.41. The van der Waals surface area contributed by atoms with E-state index in [4.69, 9.17) is 4.74 Å². The maximum atomic E-state index is 11.6. The van der Waals surface area contributed by atoms with Gasteiger partial charge in [0.15, 0.2) is 0 Å². The first-order chi connectivity index (χ1) is 8.26. The minimum atomic E-state index is 0.231. The predicted molar refractivity (Wildman–Crippen MR) is 71.1 cm³/mol. The second-order valence-electron chi connectivity index (χ2n) is 4.03. The van der Waals surface area contributed by atoms with Crippen molar-refractivity contribution in [2.45, 2.75) is 40.0 Å². The highest BCUT2D eigenvalue weighted by molar-refractivity contribution is 5.76. The summed E-state index contributed by atoms with van der Waals surface area (Å²) >= 11 is 0. The fraction of sp³-hybridized carbons (Fsp3) is 0.923. The van der Waals surface area contributed by atoms with Crippen molar-refractivity contribution in [1.82, 2.24) is 10.2 Å². The molecule has 0 saturated heterocycles. The lowest BCUT2D eigenvalue weighted by atomic mass is 10.3. The molecule has 0 unspecified atom stereocenters. The molecular weight excluding hydrogens is 216 g/mol. The van der Waals surface area contributed by atoms with Crippen LogP contribution in [0.25, 0.3) is 0 Å². The van der Waals surface area contributed by atoms with Gasteiger partial charge in [-0.3, -0.25) is 4.79 Å². The lowest BCUT2D eigenvalue weighted by Gasteiger charge is -2.18. The van der Waals surface area contributed by atoms with Crippen molar-refractivity contribution in [2.75, 3.05) is 39.4 Å². The summed E-state index contributed by atoms with van der Waals surface area (Å²) in [6, 6.07) is 0. The number of rotatable bonds is 11. The van der Waals surface area contributed by atoms with Crippen LogP contribution in [0.2, 0.25) is 0 Å². The van der Waals surface area contributed by atoms with Crippen LogP contribution in [-0.2, 0) is 9.53 Å². The molecule has 0 aliphatic carbocycles. The molecule has 0 bridgehead atoms. The molecule has 4 heteroatoms. The standard InChI is InChI=1S/C13H28N2O2/c1-4-7-11-17-12-10-14-9-8-13(16)15(5-2)6-3/h14H,4-12H2,1-3H3. The maximum Gasteiger partial charge on any atom is 0.223 e. The van der Waals surface area contributed by atoms with Crippen LogP contribution >= 0.6 is 0 Å². The van der Waals surface area contributed by atoms with E-state index in [0.29, 0.717) is 6.42 Å². The van der Waals surface area contributed by atoms with Crippen molar-refractivity contribution >= 4 is 5.91 Å². The van der Waals surface area contributed by atoms with E-state index in [1.807, 2.05) is 18.7 Å².